The first-order chi connectivity index (χ1) is 14.6. The molecular weight excluding hydrogens is 400 g/mol. The SMILES string of the molecule is C[C@]12CC[C@@H]3c4ccc(O)cc4CC[C@H]3[C@@H]1C(CC(=O)O)C(CC(=O)O)C2CC(=O)O. The summed E-state index contributed by atoms with van der Waals surface area (Å²) in [7, 11) is 0. The number of carbonyl (C=O) groups is 3. The number of hydrogen-bond acceptors (Lipinski definition) is 4. The van der Waals surface area contributed by atoms with Gasteiger partial charge in [-0.1, -0.05) is 13.0 Å². The molecule has 4 N–H and O–H groups in total. The van der Waals surface area contributed by atoms with Gasteiger partial charge in [0, 0.05) is 19.3 Å². The zero-order valence-electron chi connectivity index (χ0n) is 17.7. The van der Waals surface area contributed by atoms with E-state index in [4.69, 9.17) is 0 Å². The van der Waals surface area contributed by atoms with Crippen molar-refractivity contribution in [1.29, 1.82) is 0 Å². The molecule has 0 aromatic heterocycles. The van der Waals surface area contributed by atoms with E-state index in [9.17, 15) is 34.8 Å². The lowest BCUT2D eigenvalue weighted by Gasteiger charge is -2.52. The van der Waals surface area contributed by atoms with E-state index in [1.54, 1.807) is 6.07 Å². The number of fused-ring (bicyclic) bond motifs is 5. The Hall–Kier alpha value is -2.57. The van der Waals surface area contributed by atoms with Crippen LogP contribution in [0.3, 0.4) is 0 Å². The van der Waals surface area contributed by atoms with Crippen molar-refractivity contribution in [2.24, 2.45) is 35.0 Å². The Morgan fingerprint density at radius 2 is 1.61 bits per heavy atom. The molecule has 0 spiro atoms. The Balaban J connectivity index is 1.78. The third kappa shape index (κ3) is 3.68. The van der Waals surface area contributed by atoms with Crippen LogP contribution in [-0.4, -0.2) is 38.3 Å². The molecule has 0 saturated heterocycles. The Kier molecular flexibility index (Phi) is 5.48. The smallest absolute Gasteiger partial charge is 0.303 e. The Labute approximate surface area is 181 Å². The molecule has 7 atom stereocenters. The summed E-state index contributed by atoms with van der Waals surface area (Å²) < 4.78 is 0. The van der Waals surface area contributed by atoms with Crippen molar-refractivity contribution in [1.82, 2.24) is 0 Å². The highest BCUT2D eigenvalue weighted by atomic mass is 16.4. The number of hydrogen-bond donors (Lipinski definition) is 4. The number of aliphatic carboxylic acids is 3. The zero-order valence-corrected chi connectivity index (χ0v) is 17.7. The highest BCUT2D eigenvalue weighted by Crippen LogP contribution is 2.68. The number of aryl methyl sites for hydroxylation is 1. The van der Waals surface area contributed by atoms with Crippen LogP contribution in [0.15, 0.2) is 18.2 Å². The van der Waals surface area contributed by atoms with Crippen molar-refractivity contribution in [2.75, 3.05) is 0 Å². The molecular formula is C24H30O7. The quantitative estimate of drug-likeness (QED) is 0.540. The summed E-state index contributed by atoms with van der Waals surface area (Å²) >= 11 is 0. The molecule has 0 heterocycles. The summed E-state index contributed by atoms with van der Waals surface area (Å²) in [6.07, 6.45) is 2.81. The lowest BCUT2D eigenvalue weighted by atomic mass is 9.52. The molecule has 168 valence electrons. The number of phenolic OH excluding ortho intramolecular Hbond substituents is 1. The van der Waals surface area contributed by atoms with Crippen LogP contribution in [0.1, 0.15) is 62.5 Å². The molecule has 1 aromatic rings. The van der Waals surface area contributed by atoms with Crippen LogP contribution >= 0.6 is 0 Å². The van der Waals surface area contributed by atoms with E-state index < -0.39 is 29.2 Å². The molecule has 2 fully saturated rings. The fourth-order valence-electron chi connectivity index (χ4n) is 7.69. The molecule has 0 aliphatic heterocycles. The van der Waals surface area contributed by atoms with Crippen molar-refractivity contribution in [3.63, 3.8) is 0 Å². The summed E-state index contributed by atoms with van der Waals surface area (Å²) in [5.74, 6) is -3.44. The number of phenols is 1. The van der Waals surface area contributed by atoms with E-state index in [1.807, 2.05) is 12.1 Å². The second kappa shape index (κ2) is 7.84. The second-order valence-corrected chi connectivity index (χ2v) is 9.99. The van der Waals surface area contributed by atoms with Gasteiger partial charge in [-0.2, -0.15) is 0 Å². The number of benzene rings is 1. The molecule has 3 unspecified atom stereocenters. The van der Waals surface area contributed by atoms with E-state index in [-0.39, 0.29) is 54.6 Å². The Morgan fingerprint density at radius 3 is 2.26 bits per heavy atom. The number of carboxylic acids is 3. The van der Waals surface area contributed by atoms with Gasteiger partial charge in [-0.15, -0.1) is 0 Å². The predicted molar refractivity (Wildman–Crippen MR) is 111 cm³/mol. The van der Waals surface area contributed by atoms with E-state index in [0.717, 1.165) is 31.2 Å². The lowest BCUT2D eigenvalue weighted by Crippen LogP contribution is -2.44. The Morgan fingerprint density at radius 1 is 0.968 bits per heavy atom. The van der Waals surface area contributed by atoms with Crippen LogP contribution in [0.5, 0.6) is 5.75 Å². The maximum absolute atomic E-state index is 11.8. The first-order valence-corrected chi connectivity index (χ1v) is 11.1. The summed E-state index contributed by atoms with van der Waals surface area (Å²) in [5, 5.41) is 38.7. The first-order valence-electron chi connectivity index (χ1n) is 11.1. The summed E-state index contributed by atoms with van der Waals surface area (Å²) in [4.78, 5) is 35.2. The predicted octanol–water partition coefficient (Wildman–Crippen LogP) is 3.74. The van der Waals surface area contributed by atoms with Crippen LogP contribution in [-0.2, 0) is 20.8 Å². The maximum atomic E-state index is 11.8. The van der Waals surface area contributed by atoms with Gasteiger partial charge < -0.3 is 20.4 Å². The molecule has 4 rings (SSSR count). The maximum Gasteiger partial charge on any atom is 0.303 e. The van der Waals surface area contributed by atoms with Crippen molar-refractivity contribution < 1.29 is 34.8 Å². The summed E-state index contributed by atoms with van der Waals surface area (Å²) in [5.41, 5.74) is 1.93. The van der Waals surface area contributed by atoms with Crippen LogP contribution in [0.2, 0.25) is 0 Å². The lowest BCUT2D eigenvalue weighted by molar-refractivity contribution is -0.143. The van der Waals surface area contributed by atoms with E-state index in [1.165, 1.54) is 5.56 Å². The minimum absolute atomic E-state index is 0.0296. The van der Waals surface area contributed by atoms with E-state index >= 15 is 0 Å². The number of rotatable bonds is 6. The average molecular weight is 430 g/mol. The van der Waals surface area contributed by atoms with Gasteiger partial charge in [-0.3, -0.25) is 14.4 Å². The van der Waals surface area contributed by atoms with Gasteiger partial charge in [-0.25, -0.2) is 0 Å². The van der Waals surface area contributed by atoms with Gasteiger partial charge in [0.2, 0.25) is 0 Å². The minimum Gasteiger partial charge on any atom is -0.508 e. The molecule has 0 bridgehead atoms. The van der Waals surface area contributed by atoms with Gasteiger partial charge in [0.05, 0.1) is 0 Å². The van der Waals surface area contributed by atoms with Gasteiger partial charge in [-0.05, 0) is 89.9 Å². The molecule has 0 amide bonds. The normalized spacial score (nSPS) is 36.2. The van der Waals surface area contributed by atoms with Gasteiger partial charge in [0.15, 0.2) is 0 Å². The van der Waals surface area contributed by atoms with Crippen molar-refractivity contribution in [3.05, 3.63) is 29.3 Å². The Bertz CT molecular complexity index is 909. The standard InChI is InChI=1S/C24H30O7/c1-24-7-6-15-14-5-3-13(25)8-12(14)2-4-16(15)23(24)18(10-21(28)29)17(9-20(26)27)19(24)11-22(30)31/h3,5,8,15-19,23,25H,2,4,6-7,9-11H2,1H3,(H,26,27)(H,28,29)(H,30,31)/t15-,16-,17?,18?,19?,23-,24-/m1/s1. The molecule has 0 radical (unpaired) electrons. The van der Waals surface area contributed by atoms with Crippen LogP contribution in [0.4, 0.5) is 0 Å². The third-order valence-corrected chi connectivity index (χ3v) is 8.60. The van der Waals surface area contributed by atoms with Crippen LogP contribution < -0.4 is 0 Å². The highest BCUT2D eigenvalue weighted by Gasteiger charge is 2.63. The summed E-state index contributed by atoms with van der Waals surface area (Å²) in [6.45, 7) is 2.07. The van der Waals surface area contributed by atoms with Gasteiger partial charge in [0.1, 0.15) is 5.75 Å². The topological polar surface area (TPSA) is 132 Å². The van der Waals surface area contributed by atoms with Crippen molar-refractivity contribution in [2.45, 2.75) is 57.8 Å². The molecule has 3 aliphatic rings. The number of carboxylic acid groups (broad SMARTS) is 3. The van der Waals surface area contributed by atoms with E-state index in [0.29, 0.717) is 0 Å². The van der Waals surface area contributed by atoms with Crippen LogP contribution in [0.25, 0.3) is 0 Å². The molecule has 31 heavy (non-hydrogen) atoms. The zero-order chi connectivity index (χ0) is 22.5. The number of aromatic hydroxyl groups is 1. The summed E-state index contributed by atoms with van der Waals surface area (Å²) in [6, 6.07) is 5.47. The fraction of sp³-hybridized carbons (Fsp3) is 0.625. The highest BCUT2D eigenvalue weighted by molar-refractivity contribution is 5.70. The third-order valence-electron chi connectivity index (χ3n) is 8.60. The van der Waals surface area contributed by atoms with Crippen molar-refractivity contribution >= 4 is 17.9 Å². The largest absolute Gasteiger partial charge is 0.508 e. The van der Waals surface area contributed by atoms with E-state index in [2.05, 4.69) is 6.92 Å². The van der Waals surface area contributed by atoms with Crippen LogP contribution in [0, 0.1) is 35.0 Å². The van der Waals surface area contributed by atoms with Gasteiger partial charge in [0.25, 0.3) is 0 Å². The molecule has 3 aliphatic carbocycles. The fourth-order valence-corrected chi connectivity index (χ4v) is 7.69. The molecule has 1 aromatic carbocycles. The monoisotopic (exact) mass is 430 g/mol. The first kappa shape index (κ1) is 21.7. The minimum atomic E-state index is -1.00. The second-order valence-electron chi connectivity index (χ2n) is 9.99. The molecule has 7 heteroatoms. The molecule has 2 saturated carbocycles. The van der Waals surface area contributed by atoms with Crippen molar-refractivity contribution in [3.8, 4) is 5.75 Å². The average Bonchev–Trinajstić information content (AvgIpc) is 2.88. The molecule has 7 nitrogen and oxygen atoms in total. The van der Waals surface area contributed by atoms with Gasteiger partial charge >= 0.3 is 17.9 Å².